The Morgan fingerprint density at radius 1 is 1.22 bits per heavy atom. The van der Waals surface area contributed by atoms with Crippen molar-refractivity contribution in [2.24, 2.45) is 0 Å². The van der Waals surface area contributed by atoms with Gasteiger partial charge in [0.05, 0.1) is 11.6 Å². The molecule has 1 aliphatic rings. The molecule has 2 aromatic carbocycles. The van der Waals surface area contributed by atoms with Gasteiger partial charge >= 0.3 is 0 Å². The summed E-state index contributed by atoms with van der Waals surface area (Å²) in [5.74, 6) is -0.169. The zero-order chi connectivity index (χ0) is 16.2. The molecule has 0 saturated carbocycles. The number of nitriles is 1. The molecule has 118 valence electrons. The third kappa shape index (κ3) is 3.52. The molecular formula is C19H20FN3. The first-order valence-electron chi connectivity index (χ1n) is 7.86. The molecule has 0 amide bonds. The molecule has 0 bridgehead atoms. The van der Waals surface area contributed by atoms with Crippen LogP contribution in [0.2, 0.25) is 0 Å². The van der Waals surface area contributed by atoms with E-state index in [-0.39, 0.29) is 5.82 Å². The molecule has 4 heteroatoms. The van der Waals surface area contributed by atoms with Gasteiger partial charge in [-0.25, -0.2) is 4.39 Å². The number of likely N-dealkylation sites (N-methyl/N-ethyl adjacent to an activating group) is 1. The molecule has 0 spiro atoms. The summed E-state index contributed by atoms with van der Waals surface area (Å²) in [6.07, 6.45) is 1.06. The van der Waals surface area contributed by atoms with E-state index in [0.717, 1.165) is 25.2 Å². The van der Waals surface area contributed by atoms with Gasteiger partial charge in [0.15, 0.2) is 0 Å². The van der Waals surface area contributed by atoms with Crippen LogP contribution in [-0.2, 0) is 6.54 Å². The fourth-order valence-electron chi connectivity index (χ4n) is 3.13. The largest absolute Gasteiger partial charge is 0.363 e. The summed E-state index contributed by atoms with van der Waals surface area (Å²) >= 11 is 0. The van der Waals surface area contributed by atoms with Gasteiger partial charge < -0.3 is 9.80 Å². The molecule has 1 atom stereocenters. The van der Waals surface area contributed by atoms with Crippen molar-refractivity contribution in [3.05, 3.63) is 65.5 Å². The van der Waals surface area contributed by atoms with Crippen LogP contribution in [0.3, 0.4) is 0 Å². The molecule has 2 aromatic rings. The highest BCUT2D eigenvalue weighted by atomic mass is 19.1. The maximum Gasteiger partial charge on any atom is 0.128 e. The van der Waals surface area contributed by atoms with Crippen LogP contribution in [0.15, 0.2) is 48.5 Å². The second-order valence-electron chi connectivity index (χ2n) is 6.08. The number of hydrogen-bond acceptors (Lipinski definition) is 3. The van der Waals surface area contributed by atoms with Gasteiger partial charge in [0.2, 0.25) is 0 Å². The summed E-state index contributed by atoms with van der Waals surface area (Å²) in [5.41, 5.74) is 2.38. The van der Waals surface area contributed by atoms with Crippen LogP contribution in [0, 0.1) is 17.1 Å². The fraction of sp³-hybridized carbons (Fsp3) is 0.316. The van der Waals surface area contributed by atoms with E-state index in [9.17, 15) is 4.39 Å². The van der Waals surface area contributed by atoms with E-state index in [0.29, 0.717) is 23.7 Å². The molecule has 1 aliphatic heterocycles. The Labute approximate surface area is 136 Å². The highest BCUT2D eigenvalue weighted by Crippen LogP contribution is 2.26. The van der Waals surface area contributed by atoms with Crippen molar-refractivity contribution < 1.29 is 4.39 Å². The van der Waals surface area contributed by atoms with E-state index < -0.39 is 0 Å². The minimum absolute atomic E-state index is 0.169. The van der Waals surface area contributed by atoms with Crippen LogP contribution in [-0.4, -0.2) is 31.1 Å². The highest BCUT2D eigenvalue weighted by molar-refractivity contribution is 5.51. The Hall–Kier alpha value is -2.38. The summed E-state index contributed by atoms with van der Waals surface area (Å²) in [4.78, 5) is 4.55. The molecule has 3 nitrogen and oxygen atoms in total. The van der Waals surface area contributed by atoms with E-state index in [2.05, 4.69) is 22.9 Å². The van der Waals surface area contributed by atoms with Crippen molar-refractivity contribution in [3.8, 4) is 6.07 Å². The number of hydrogen-bond donors (Lipinski definition) is 0. The summed E-state index contributed by atoms with van der Waals surface area (Å²) in [5, 5.41) is 8.97. The normalized spacial score (nSPS) is 17.9. The predicted molar refractivity (Wildman–Crippen MR) is 89.6 cm³/mol. The minimum Gasteiger partial charge on any atom is -0.363 e. The van der Waals surface area contributed by atoms with Crippen molar-refractivity contribution in [1.82, 2.24) is 4.90 Å². The second kappa shape index (κ2) is 6.80. The first kappa shape index (κ1) is 15.5. The number of likely N-dealkylation sites (tertiary alicyclic amines) is 1. The van der Waals surface area contributed by atoms with E-state index in [1.54, 1.807) is 6.07 Å². The van der Waals surface area contributed by atoms with E-state index in [4.69, 9.17) is 5.26 Å². The van der Waals surface area contributed by atoms with E-state index >= 15 is 0 Å². The van der Waals surface area contributed by atoms with Gasteiger partial charge in [-0.15, -0.1) is 0 Å². The molecular weight excluding hydrogens is 289 g/mol. The van der Waals surface area contributed by atoms with Gasteiger partial charge in [0.1, 0.15) is 5.82 Å². The molecule has 0 unspecified atom stereocenters. The van der Waals surface area contributed by atoms with Crippen molar-refractivity contribution in [2.75, 3.05) is 25.0 Å². The lowest BCUT2D eigenvalue weighted by molar-refractivity contribution is 0.407. The van der Waals surface area contributed by atoms with Gasteiger partial charge in [-0.05, 0) is 50.3 Å². The minimum atomic E-state index is -0.169. The van der Waals surface area contributed by atoms with Crippen molar-refractivity contribution in [3.63, 3.8) is 0 Å². The first-order valence-corrected chi connectivity index (χ1v) is 7.86. The summed E-state index contributed by atoms with van der Waals surface area (Å²) in [7, 11) is 2.11. The van der Waals surface area contributed by atoms with Gasteiger partial charge in [-0.1, -0.05) is 18.2 Å². The van der Waals surface area contributed by atoms with Crippen LogP contribution in [0.4, 0.5) is 10.1 Å². The SMILES string of the molecule is CN1CC[C@H](N(Cc2ccccc2F)c2ccc(C#N)cc2)C1. The van der Waals surface area contributed by atoms with Crippen LogP contribution >= 0.6 is 0 Å². The average Bonchev–Trinajstić information content (AvgIpc) is 3.00. The zero-order valence-electron chi connectivity index (χ0n) is 13.2. The molecule has 3 rings (SSSR count). The summed E-state index contributed by atoms with van der Waals surface area (Å²) in [6, 6.07) is 17.0. The Balaban J connectivity index is 1.90. The molecule has 23 heavy (non-hydrogen) atoms. The Bertz CT molecular complexity index is 705. The molecule has 1 saturated heterocycles. The number of rotatable bonds is 4. The van der Waals surface area contributed by atoms with Crippen molar-refractivity contribution >= 4 is 5.69 Å². The van der Waals surface area contributed by atoms with Crippen LogP contribution in [0.25, 0.3) is 0 Å². The Kier molecular flexibility index (Phi) is 4.59. The molecule has 0 aromatic heterocycles. The number of benzene rings is 2. The lowest BCUT2D eigenvalue weighted by Gasteiger charge is -2.31. The maximum absolute atomic E-state index is 14.1. The van der Waals surface area contributed by atoms with Crippen molar-refractivity contribution in [1.29, 1.82) is 5.26 Å². The van der Waals surface area contributed by atoms with Gasteiger partial charge in [-0.3, -0.25) is 0 Å². The molecule has 1 heterocycles. The molecule has 0 aliphatic carbocycles. The second-order valence-corrected chi connectivity index (χ2v) is 6.08. The average molecular weight is 309 g/mol. The predicted octanol–water partition coefficient (Wildman–Crippen LogP) is 3.41. The third-order valence-corrected chi connectivity index (χ3v) is 4.43. The Morgan fingerprint density at radius 2 is 1.96 bits per heavy atom. The number of nitrogens with zero attached hydrogens (tertiary/aromatic N) is 3. The van der Waals surface area contributed by atoms with Crippen LogP contribution < -0.4 is 4.90 Å². The van der Waals surface area contributed by atoms with Crippen LogP contribution in [0.1, 0.15) is 17.5 Å². The van der Waals surface area contributed by atoms with Gasteiger partial charge in [0, 0.05) is 30.4 Å². The van der Waals surface area contributed by atoms with E-state index in [1.807, 2.05) is 36.4 Å². The monoisotopic (exact) mass is 309 g/mol. The number of anilines is 1. The quantitative estimate of drug-likeness (QED) is 0.867. The topological polar surface area (TPSA) is 30.3 Å². The zero-order valence-corrected chi connectivity index (χ0v) is 13.2. The third-order valence-electron chi connectivity index (χ3n) is 4.43. The molecule has 0 N–H and O–H groups in total. The summed E-state index contributed by atoms with van der Waals surface area (Å²) in [6.45, 7) is 2.56. The summed E-state index contributed by atoms with van der Waals surface area (Å²) < 4.78 is 14.1. The van der Waals surface area contributed by atoms with Crippen LogP contribution in [0.5, 0.6) is 0 Å². The first-order chi connectivity index (χ1) is 11.2. The van der Waals surface area contributed by atoms with Gasteiger partial charge in [0.25, 0.3) is 0 Å². The lowest BCUT2D eigenvalue weighted by atomic mass is 10.1. The maximum atomic E-state index is 14.1. The lowest BCUT2D eigenvalue weighted by Crippen LogP contribution is -2.37. The highest BCUT2D eigenvalue weighted by Gasteiger charge is 2.26. The van der Waals surface area contributed by atoms with Gasteiger partial charge in [-0.2, -0.15) is 5.26 Å². The smallest absolute Gasteiger partial charge is 0.128 e. The fourth-order valence-corrected chi connectivity index (χ4v) is 3.13. The number of halogens is 1. The molecule has 1 fully saturated rings. The molecule has 0 radical (unpaired) electrons. The standard InChI is InChI=1S/C19H20FN3/c1-22-11-10-18(14-22)23(13-16-4-2-3-5-19(16)20)17-8-6-15(12-21)7-9-17/h2-9,18H,10-11,13-14H2,1H3/t18-/m0/s1. The van der Waals surface area contributed by atoms with Crippen molar-refractivity contribution in [2.45, 2.75) is 19.0 Å². The van der Waals surface area contributed by atoms with E-state index in [1.165, 1.54) is 6.07 Å². The Morgan fingerprint density at radius 3 is 2.57 bits per heavy atom.